The molecular weight excluding hydrogens is 427 g/mol. The quantitative estimate of drug-likeness (QED) is 0.134. The molecule has 0 amide bonds. The Morgan fingerprint density at radius 1 is 1.00 bits per heavy atom. The SMILES string of the molecule is CCCCCc1ccc(C(=O)Oc2ccc3c(F)c(C#CC(F)(F)F)c(F)cc3c2)cc1. The number of hydrogen-bond acceptors (Lipinski definition) is 2. The van der Waals surface area contributed by atoms with Crippen molar-refractivity contribution in [2.45, 2.75) is 38.8 Å². The summed E-state index contributed by atoms with van der Waals surface area (Å²) in [6.45, 7) is 2.12. The Kier molecular flexibility index (Phi) is 7.14. The molecule has 7 heteroatoms. The first-order chi connectivity index (χ1) is 15.2. The van der Waals surface area contributed by atoms with Crippen LogP contribution >= 0.6 is 0 Å². The van der Waals surface area contributed by atoms with Crippen molar-refractivity contribution in [3.8, 4) is 17.6 Å². The first-order valence-electron chi connectivity index (χ1n) is 10.0. The molecule has 0 spiro atoms. The lowest BCUT2D eigenvalue weighted by atomic mass is 10.0. The molecule has 32 heavy (non-hydrogen) atoms. The van der Waals surface area contributed by atoms with E-state index in [1.54, 1.807) is 12.1 Å². The fourth-order valence-corrected chi connectivity index (χ4v) is 3.17. The lowest BCUT2D eigenvalue weighted by Crippen LogP contribution is -2.08. The van der Waals surface area contributed by atoms with Gasteiger partial charge >= 0.3 is 12.1 Å². The molecule has 0 saturated heterocycles. The lowest BCUT2D eigenvalue weighted by Gasteiger charge is -2.08. The molecule has 0 aliphatic rings. The van der Waals surface area contributed by atoms with Gasteiger partial charge in [-0.05, 0) is 60.2 Å². The van der Waals surface area contributed by atoms with Gasteiger partial charge in [0.05, 0.1) is 11.1 Å². The molecule has 0 radical (unpaired) electrons. The van der Waals surface area contributed by atoms with E-state index in [-0.39, 0.29) is 16.5 Å². The van der Waals surface area contributed by atoms with E-state index in [1.807, 2.05) is 12.1 Å². The fraction of sp³-hybridized carbons (Fsp3) is 0.240. The van der Waals surface area contributed by atoms with Crippen LogP contribution in [0.4, 0.5) is 22.0 Å². The Bertz CT molecular complexity index is 1190. The third kappa shape index (κ3) is 5.85. The third-order valence-corrected chi connectivity index (χ3v) is 4.80. The van der Waals surface area contributed by atoms with E-state index in [4.69, 9.17) is 4.74 Å². The van der Waals surface area contributed by atoms with Gasteiger partial charge in [-0.2, -0.15) is 13.2 Å². The zero-order chi connectivity index (χ0) is 23.3. The minimum Gasteiger partial charge on any atom is -0.423 e. The van der Waals surface area contributed by atoms with Crippen LogP contribution in [-0.2, 0) is 6.42 Å². The van der Waals surface area contributed by atoms with Gasteiger partial charge < -0.3 is 4.74 Å². The summed E-state index contributed by atoms with van der Waals surface area (Å²) < 4.78 is 70.7. The molecule has 0 aliphatic heterocycles. The number of fused-ring (bicyclic) bond motifs is 1. The van der Waals surface area contributed by atoms with Gasteiger partial charge in [-0.25, -0.2) is 13.6 Å². The van der Waals surface area contributed by atoms with Crippen LogP contribution in [0.25, 0.3) is 10.8 Å². The number of ether oxygens (including phenoxy) is 1. The topological polar surface area (TPSA) is 26.3 Å². The molecule has 2 nitrogen and oxygen atoms in total. The summed E-state index contributed by atoms with van der Waals surface area (Å²) in [4.78, 5) is 12.4. The molecule has 3 aromatic carbocycles. The number of rotatable bonds is 6. The Balaban J connectivity index is 1.80. The summed E-state index contributed by atoms with van der Waals surface area (Å²) in [5.74, 6) is -0.703. The Morgan fingerprint density at radius 2 is 1.72 bits per heavy atom. The highest BCUT2D eigenvalue weighted by Gasteiger charge is 2.24. The van der Waals surface area contributed by atoms with E-state index in [9.17, 15) is 26.7 Å². The van der Waals surface area contributed by atoms with Crippen molar-refractivity contribution < 1.29 is 31.5 Å². The number of aryl methyl sites for hydroxylation is 1. The normalized spacial score (nSPS) is 11.2. The largest absolute Gasteiger partial charge is 0.458 e. The number of carbonyl (C=O) groups excluding carboxylic acids is 1. The number of benzene rings is 3. The average molecular weight is 446 g/mol. The van der Waals surface area contributed by atoms with Crippen LogP contribution in [0.2, 0.25) is 0 Å². The van der Waals surface area contributed by atoms with E-state index in [2.05, 4.69) is 6.92 Å². The van der Waals surface area contributed by atoms with Crippen molar-refractivity contribution >= 4 is 16.7 Å². The van der Waals surface area contributed by atoms with Crippen LogP contribution in [0.3, 0.4) is 0 Å². The van der Waals surface area contributed by atoms with E-state index in [0.29, 0.717) is 5.56 Å². The molecule has 0 fully saturated rings. The maximum Gasteiger partial charge on any atom is 0.458 e. The van der Waals surface area contributed by atoms with Crippen molar-refractivity contribution in [3.63, 3.8) is 0 Å². The first-order valence-corrected chi connectivity index (χ1v) is 10.0. The van der Waals surface area contributed by atoms with Gasteiger partial charge in [-0.15, -0.1) is 0 Å². The second-order valence-electron chi connectivity index (χ2n) is 7.22. The highest BCUT2D eigenvalue weighted by atomic mass is 19.4. The number of halogens is 5. The minimum atomic E-state index is -4.88. The standard InChI is InChI=1S/C25H19F5O2/c1-2-3-4-5-16-6-8-17(9-7-16)24(31)32-19-10-11-20-18(14-19)15-22(26)21(23(20)27)12-13-25(28,29)30/h6-11,14-15H,2-5H2,1H3. The van der Waals surface area contributed by atoms with E-state index >= 15 is 0 Å². The van der Waals surface area contributed by atoms with Gasteiger partial charge in [0.1, 0.15) is 17.4 Å². The summed E-state index contributed by atoms with van der Waals surface area (Å²) in [7, 11) is 0. The van der Waals surface area contributed by atoms with Gasteiger partial charge in [0.25, 0.3) is 0 Å². The van der Waals surface area contributed by atoms with Gasteiger partial charge in [0.15, 0.2) is 0 Å². The summed E-state index contributed by atoms with van der Waals surface area (Å²) in [5.41, 5.74) is 0.453. The monoisotopic (exact) mass is 446 g/mol. The second-order valence-corrected chi connectivity index (χ2v) is 7.22. The highest BCUT2D eigenvalue weighted by Crippen LogP contribution is 2.28. The van der Waals surface area contributed by atoms with E-state index in [1.165, 1.54) is 24.1 Å². The maximum absolute atomic E-state index is 14.5. The summed E-state index contributed by atoms with van der Waals surface area (Å²) in [6, 6.07) is 11.6. The van der Waals surface area contributed by atoms with Crippen LogP contribution in [0.15, 0.2) is 48.5 Å². The van der Waals surface area contributed by atoms with Crippen LogP contribution in [-0.4, -0.2) is 12.1 Å². The smallest absolute Gasteiger partial charge is 0.423 e. The molecular formula is C25H19F5O2. The van der Waals surface area contributed by atoms with Crippen LogP contribution in [0, 0.1) is 23.5 Å². The van der Waals surface area contributed by atoms with Crippen LogP contribution < -0.4 is 4.74 Å². The van der Waals surface area contributed by atoms with Gasteiger partial charge in [-0.1, -0.05) is 37.8 Å². The number of esters is 1. The minimum absolute atomic E-state index is 0.0223. The molecule has 0 N–H and O–H groups in total. The molecule has 0 saturated carbocycles. The van der Waals surface area contributed by atoms with Crippen LogP contribution in [0.5, 0.6) is 5.75 Å². The highest BCUT2D eigenvalue weighted by molar-refractivity contribution is 5.92. The summed E-state index contributed by atoms with van der Waals surface area (Å²) in [6.07, 6.45) is -0.649. The fourth-order valence-electron chi connectivity index (χ4n) is 3.17. The van der Waals surface area contributed by atoms with Gasteiger partial charge in [0.2, 0.25) is 0 Å². The van der Waals surface area contributed by atoms with Crippen LogP contribution in [0.1, 0.15) is 47.7 Å². The molecule has 166 valence electrons. The van der Waals surface area contributed by atoms with Crippen molar-refractivity contribution in [2.24, 2.45) is 0 Å². The number of carbonyl (C=O) groups is 1. The predicted molar refractivity (Wildman–Crippen MR) is 111 cm³/mol. The van der Waals surface area contributed by atoms with Gasteiger partial charge in [0, 0.05) is 11.3 Å². The second kappa shape index (κ2) is 9.82. The predicted octanol–water partition coefficient (Wildman–Crippen LogP) is 6.98. The molecule has 3 rings (SSSR count). The van der Waals surface area contributed by atoms with Crippen molar-refractivity contribution in [2.75, 3.05) is 0 Å². The molecule has 0 aliphatic carbocycles. The average Bonchev–Trinajstić information content (AvgIpc) is 2.73. The van der Waals surface area contributed by atoms with Crippen molar-refractivity contribution in [1.29, 1.82) is 0 Å². The molecule has 0 heterocycles. The summed E-state index contributed by atoms with van der Waals surface area (Å²) >= 11 is 0. The van der Waals surface area contributed by atoms with E-state index in [0.717, 1.165) is 43.2 Å². The molecule has 0 unspecified atom stereocenters. The molecule has 0 bridgehead atoms. The van der Waals surface area contributed by atoms with E-state index < -0.39 is 29.3 Å². The molecule has 0 atom stereocenters. The third-order valence-electron chi connectivity index (χ3n) is 4.80. The zero-order valence-electron chi connectivity index (χ0n) is 17.2. The number of alkyl halides is 3. The van der Waals surface area contributed by atoms with Crippen molar-refractivity contribution in [1.82, 2.24) is 0 Å². The molecule has 3 aromatic rings. The van der Waals surface area contributed by atoms with Gasteiger partial charge in [-0.3, -0.25) is 0 Å². The van der Waals surface area contributed by atoms with Crippen molar-refractivity contribution in [3.05, 3.63) is 76.9 Å². The Morgan fingerprint density at radius 3 is 2.38 bits per heavy atom. The zero-order valence-corrected chi connectivity index (χ0v) is 17.2. The lowest BCUT2D eigenvalue weighted by molar-refractivity contribution is -0.0696. The maximum atomic E-state index is 14.5. The first kappa shape index (κ1) is 23.3. The Hall–Kier alpha value is -3.40. The Labute approximate surface area is 182 Å². The molecule has 0 aromatic heterocycles. The summed E-state index contributed by atoms with van der Waals surface area (Å²) in [5, 5.41) is -0.122. The number of unbranched alkanes of at least 4 members (excludes halogenated alkanes) is 2. The number of hydrogen-bond donors (Lipinski definition) is 0.